The predicted octanol–water partition coefficient (Wildman–Crippen LogP) is 3.20. The van der Waals surface area contributed by atoms with Crippen LogP contribution in [-0.2, 0) is 28.0 Å². The van der Waals surface area contributed by atoms with E-state index in [1.54, 1.807) is 0 Å². The van der Waals surface area contributed by atoms with Gasteiger partial charge in [0.15, 0.2) is 0 Å². The molecule has 0 spiro atoms. The van der Waals surface area contributed by atoms with E-state index in [-0.39, 0.29) is 46.5 Å². The number of carbonyl (C=O) groups is 1. The van der Waals surface area contributed by atoms with Gasteiger partial charge in [-0.2, -0.15) is 4.31 Å². The maximum atomic E-state index is 12.8. The van der Waals surface area contributed by atoms with E-state index in [9.17, 15) is 18.3 Å². The van der Waals surface area contributed by atoms with Gasteiger partial charge < -0.3 is 10.4 Å². The zero-order valence-electron chi connectivity index (χ0n) is 15.6. The lowest BCUT2D eigenvalue weighted by Gasteiger charge is -2.30. The first-order valence-electron chi connectivity index (χ1n) is 9.23. The second-order valence-corrected chi connectivity index (χ2v) is 9.74. The first kappa shape index (κ1) is 22.1. The molecule has 6 nitrogen and oxygen atoms in total. The summed E-state index contributed by atoms with van der Waals surface area (Å²) in [5, 5.41) is 12.8. The minimum absolute atomic E-state index is 0.0542. The van der Waals surface area contributed by atoms with Crippen LogP contribution in [0.3, 0.4) is 0 Å². The van der Waals surface area contributed by atoms with Crippen molar-refractivity contribution in [2.45, 2.75) is 30.9 Å². The van der Waals surface area contributed by atoms with E-state index in [4.69, 9.17) is 23.2 Å². The highest BCUT2D eigenvalue weighted by molar-refractivity contribution is 7.89. The number of aliphatic hydroxyl groups excluding tert-OH is 1. The lowest BCUT2D eigenvalue weighted by molar-refractivity contribution is -0.126. The average molecular weight is 457 g/mol. The van der Waals surface area contributed by atoms with Crippen LogP contribution in [0.1, 0.15) is 24.0 Å². The van der Waals surface area contributed by atoms with Gasteiger partial charge in [-0.05, 0) is 42.2 Å². The summed E-state index contributed by atoms with van der Waals surface area (Å²) in [6.45, 7) is 0.737. The van der Waals surface area contributed by atoms with Crippen LogP contribution in [0.15, 0.2) is 47.4 Å². The maximum absolute atomic E-state index is 12.8. The van der Waals surface area contributed by atoms with Gasteiger partial charge in [-0.1, -0.05) is 47.5 Å². The molecular formula is C20H22Cl2N2O4S. The number of hydrogen-bond acceptors (Lipinski definition) is 4. The Kier molecular flexibility index (Phi) is 7.19. The van der Waals surface area contributed by atoms with E-state index in [2.05, 4.69) is 5.32 Å². The molecule has 9 heteroatoms. The van der Waals surface area contributed by atoms with Crippen LogP contribution in [0.4, 0.5) is 0 Å². The zero-order chi connectivity index (χ0) is 21.0. The number of halogens is 2. The van der Waals surface area contributed by atoms with Crippen molar-refractivity contribution < 1.29 is 18.3 Å². The summed E-state index contributed by atoms with van der Waals surface area (Å²) in [6.07, 6.45) is 0.863. The van der Waals surface area contributed by atoms with Crippen LogP contribution in [0.5, 0.6) is 0 Å². The third-order valence-corrected chi connectivity index (χ3v) is 7.35. The molecular weight excluding hydrogens is 435 g/mol. The molecule has 0 aromatic heterocycles. The Morgan fingerprint density at radius 2 is 1.66 bits per heavy atom. The van der Waals surface area contributed by atoms with Gasteiger partial charge in [0.1, 0.15) is 0 Å². The standard InChI is InChI=1S/C20H22Cl2N2O4S/c21-17-9-18(22)11-19(10-17)29(27,28)24-7-5-14(6-8-24)20(26)23-12-15-3-1-2-4-16(15)13-25/h1-4,9-11,14,25H,5-8,12-13H2,(H,23,26). The highest BCUT2D eigenvalue weighted by Crippen LogP contribution is 2.28. The average Bonchev–Trinajstić information content (AvgIpc) is 2.71. The molecule has 0 bridgehead atoms. The van der Waals surface area contributed by atoms with E-state index in [0.29, 0.717) is 19.4 Å². The Labute approximate surface area is 180 Å². The normalized spacial score (nSPS) is 16.0. The number of nitrogens with zero attached hydrogens (tertiary/aromatic N) is 1. The number of benzene rings is 2. The Morgan fingerprint density at radius 3 is 2.24 bits per heavy atom. The molecule has 1 aliphatic rings. The highest BCUT2D eigenvalue weighted by atomic mass is 35.5. The van der Waals surface area contributed by atoms with E-state index >= 15 is 0 Å². The molecule has 2 N–H and O–H groups in total. The molecule has 2 aromatic rings. The fraction of sp³-hybridized carbons (Fsp3) is 0.350. The first-order chi connectivity index (χ1) is 13.8. The molecule has 156 valence electrons. The molecule has 1 aliphatic heterocycles. The fourth-order valence-corrected chi connectivity index (χ4v) is 5.59. The van der Waals surface area contributed by atoms with Crippen molar-refractivity contribution in [1.29, 1.82) is 0 Å². The number of sulfonamides is 1. The van der Waals surface area contributed by atoms with Crippen molar-refractivity contribution in [3.8, 4) is 0 Å². The fourth-order valence-electron chi connectivity index (χ4n) is 3.40. The molecule has 1 amide bonds. The zero-order valence-corrected chi connectivity index (χ0v) is 18.0. The van der Waals surface area contributed by atoms with Crippen molar-refractivity contribution in [3.05, 3.63) is 63.6 Å². The lowest BCUT2D eigenvalue weighted by atomic mass is 9.97. The minimum Gasteiger partial charge on any atom is -0.392 e. The molecule has 3 rings (SSSR count). The third kappa shape index (κ3) is 5.29. The summed E-state index contributed by atoms with van der Waals surface area (Å²) in [5.41, 5.74) is 1.63. The van der Waals surface area contributed by atoms with Gasteiger partial charge in [0.2, 0.25) is 15.9 Å². The van der Waals surface area contributed by atoms with Gasteiger partial charge >= 0.3 is 0 Å². The lowest BCUT2D eigenvalue weighted by Crippen LogP contribution is -2.42. The van der Waals surface area contributed by atoms with Gasteiger partial charge in [0.25, 0.3) is 0 Å². The highest BCUT2D eigenvalue weighted by Gasteiger charge is 2.32. The van der Waals surface area contributed by atoms with Crippen LogP contribution in [0.2, 0.25) is 10.0 Å². The number of amides is 1. The van der Waals surface area contributed by atoms with E-state index in [0.717, 1.165) is 11.1 Å². The molecule has 2 aromatic carbocycles. The predicted molar refractivity (Wildman–Crippen MR) is 112 cm³/mol. The van der Waals surface area contributed by atoms with Gasteiger partial charge in [-0.25, -0.2) is 8.42 Å². The van der Waals surface area contributed by atoms with Crippen LogP contribution >= 0.6 is 23.2 Å². The molecule has 0 aliphatic carbocycles. The van der Waals surface area contributed by atoms with Crippen LogP contribution in [0.25, 0.3) is 0 Å². The Bertz CT molecular complexity index is 969. The Morgan fingerprint density at radius 1 is 1.07 bits per heavy atom. The van der Waals surface area contributed by atoms with Gasteiger partial charge in [0, 0.05) is 35.6 Å². The molecule has 0 unspecified atom stereocenters. The number of nitrogens with one attached hydrogen (secondary N) is 1. The Hall–Kier alpha value is -1.64. The van der Waals surface area contributed by atoms with Crippen LogP contribution in [0, 0.1) is 5.92 Å². The number of aliphatic hydroxyl groups is 1. The topological polar surface area (TPSA) is 86.7 Å². The van der Waals surface area contributed by atoms with Crippen molar-refractivity contribution in [2.24, 2.45) is 5.92 Å². The number of piperidine rings is 1. The van der Waals surface area contributed by atoms with Crippen molar-refractivity contribution in [3.63, 3.8) is 0 Å². The summed E-state index contributed by atoms with van der Waals surface area (Å²) >= 11 is 11.9. The summed E-state index contributed by atoms with van der Waals surface area (Å²) in [4.78, 5) is 12.6. The molecule has 29 heavy (non-hydrogen) atoms. The third-order valence-electron chi connectivity index (χ3n) is 5.04. The van der Waals surface area contributed by atoms with E-state index in [1.807, 2.05) is 24.3 Å². The maximum Gasteiger partial charge on any atom is 0.243 e. The van der Waals surface area contributed by atoms with Crippen molar-refractivity contribution in [1.82, 2.24) is 9.62 Å². The molecule has 1 fully saturated rings. The van der Waals surface area contributed by atoms with Gasteiger partial charge in [0.05, 0.1) is 11.5 Å². The monoisotopic (exact) mass is 456 g/mol. The SMILES string of the molecule is O=C(NCc1ccccc1CO)C1CCN(S(=O)(=O)c2cc(Cl)cc(Cl)c2)CC1. The summed E-state index contributed by atoms with van der Waals surface area (Å²) < 4.78 is 27.0. The molecule has 0 atom stereocenters. The molecule has 0 radical (unpaired) electrons. The Balaban J connectivity index is 1.59. The smallest absolute Gasteiger partial charge is 0.243 e. The largest absolute Gasteiger partial charge is 0.392 e. The van der Waals surface area contributed by atoms with Crippen molar-refractivity contribution in [2.75, 3.05) is 13.1 Å². The molecule has 1 saturated heterocycles. The summed E-state index contributed by atoms with van der Waals surface area (Å²) in [7, 11) is -3.72. The van der Waals surface area contributed by atoms with Crippen molar-refractivity contribution >= 4 is 39.1 Å². The van der Waals surface area contributed by atoms with Crippen LogP contribution in [-0.4, -0.2) is 36.8 Å². The van der Waals surface area contributed by atoms with Gasteiger partial charge in [-0.3, -0.25) is 4.79 Å². The number of rotatable bonds is 6. The first-order valence-corrected chi connectivity index (χ1v) is 11.4. The summed E-state index contributed by atoms with van der Waals surface area (Å²) in [6, 6.07) is 11.6. The quantitative estimate of drug-likeness (QED) is 0.698. The second kappa shape index (κ2) is 9.45. The van der Waals surface area contributed by atoms with E-state index < -0.39 is 10.0 Å². The summed E-state index contributed by atoms with van der Waals surface area (Å²) in [5.74, 6) is -0.369. The second-order valence-electron chi connectivity index (χ2n) is 6.93. The molecule has 1 heterocycles. The molecule has 0 saturated carbocycles. The number of carbonyl (C=O) groups excluding carboxylic acids is 1. The number of hydrogen-bond donors (Lipinski definition) is 2. The van der Waals surface area contributed by atoms with E-state index in [1.165, 1.54) is 22.5 Å². The van der Waals surface area contributed by atoms with Crippen LogP contribution < -0.4 is 5.32 Å². The van der Waals surface area contributed by atoms with Gasteiger partial charge in [-0.15, -0.1) is 0 Å². The minimum atomic E-state index is -3.72.